The van der Waals surface area contributed by atoms with Gasteiger partial charge in [-0.2, -0.15) is 0 Å². The van der Waals surface area contributed by atoms with Crippen molar-refractivity contribution in [2.45, 2.75) is 32.0 Å². The number of amides is 1. The fourth-order valence-electron chi connectivity index (χ4n) is 2.14. The van der Waals surface area contributed by atoms with Crippen molar-refractivity contribution in [1.82, 2.24) is 4.90 Å². The molecule has 2 atom stereocenters. The van der Waals surface area contributed by atoms with Crippen LogP contribution < -0.4 is 0 Å². The molecule has 1 fully saturated rings. The van der Waals surface area contributed by atoms with Crippen molar-refractivity contribution in [3.63, 3.8) is 0 Å². The third kappa shape index (κ3) is 2.09. The number of carbonyl (C=O) groups is 1. The maximum Gasteiger partial charge on any atom is 0.212 e. The smallest absolute Gasteiger partial charge is 0.212 e. The zero-order chi connectivity index (χ0) is 11.4. The van der Waals surface area contributed by atoms with Gasteiger partial charge in [-0.1, -0.05) is 43.7 Å². The lowest BCUT2D eigenvalue weighted by atomic mass is 10.1. The van der Waals surface area contributed by atoms with Crippen LogP contribution in [0.1, 0.15) is 31.4 Å². The Balaban J connectivity index is 2.15. The van der Waals surface area contributed by atoms with Crippen molar-refractivity contribution in [3.8, 4) is 0 Å². The van der Waals surface area contributed by atoms with Crippen molar-refractivity contribution in [3.05, 3.63) is 35.9 Å². The highest BCUT2D eigenvalue weighted by molar-refractivity contribution is 5.50. The Morgan fingerprint density at radius 3 is 2.81 bits per heavy atom. The van der Waals surface area contributed by atoms with Crippen molar-refractivity contribution in [2.75, 3.05) is 6.61 Å². The molecule has 0 saturated carbocycles. The molecule has 1 aromatic carbocycles. The largest absolute Gasteiger partial charge is 0.356 e. The third-order valence-corrected chi connectivity index (χ3v) is 2.98. The molecule has 1 amide bonds. The maximum atomic E-state index is 11.1. The molecule has 1 aliphatic heterocycles. The fraction of sp³-hybridized carbons (Fsp3) is 0.462. The Morgan fingerprint density at radius 2 is 2.19 bits per heavy atom. The minimum absolute atomic E-state index is 0.0484. The first-order valence-electron chi connectivity index (χ1n) is 5.76. The molecule has 1 aliphatic rings. The van der Waals surface area contributed by atoms with Crippen LogP contribution >= 0.6 is 0 Å². The van der Waals surface area contributed by atoms with E-state index in [9.17, 15) is 4.79 Å². The molecule has 0 N–H and O–H groups in total. The molecule has 1 heterocycles. The molecule has 0 spiro atoms. The van der Waals surface area contributed by atoms with Crippen LogP contribution in [0, 0.1) is 0 Å². The van der Waals surface area contributed by atoms with E-state index in [-0.39, 0.29) is 12.3 Å². The predicted molar refractivity (Wildman–Crippen MR) is 61.7 cm³/mol. The molecule has 1 aromatic rings. The summed E-state index contributed by atoms with van der Waals surface area (Å²) in [5.41, 5.74) is 1.15. The SMILES string of the molecule is CCCC1OC[C@H](c2ccccc2)N1C=O. The predicted octanol–water partition coefficient (Wildman–Crippen LogP) is 2.34. The van der Waals surface area contributed by atoms with Crippen LogP contribution in [0.25, 0.3) is 0 Å². The highest BCUT2D eigenvalue weighted by Gasteiger charge is 2.33. The van der Waals surface area contributed by atoms with Gasteiger partial charge in [-0.3, -0.25) is 4.79 Å². The Morgan fingerprint density at radius 1 is 1.44 bits per heavy atom. The number of benzene rings is 1. The van der Waals surface area contributed by atoms with Gasteiger partial charge < -0.3 is 9.64 Å². The quantitative estimate of drug-likeness (QED) is 0.727. The standard InChI is InChI=1S/C13H17NO2/c1-2-6-13-14(10-15)12(9-16-13)11-7-4-3-5-8-11/h3-5,7-8,10,12-13H,2,6,9H2,1H3/t12-,13?/m1/s1. The normalized spacial score (nSPS) is 24.7. The first-order valence-corrected chi connectivity index (χ1v) is 5.76. The van der Waals surface area contributed by atoms with Crippen LogP contribution in [0.4, 0.5) is 0 Å². The first kappa shape index (κ1) is 11.1. The first-order chi connectivity index (χ1) is 7.86. The monoisotopic (exact) mass is 219 g/mol. The molecule has 0 aromatic heterocycles. The van der Waals surface area contributed by atoms with Gasteiger partial charge in [0.25, 0.3) is 0 Å². The van der Waals surface area contributed by atoms with Crippen LogP contribution in [0.15, 0.2) is 30.3 Å². The number of rotatable bonds is 4. The number of carbonyl (C=O) groups excluding carboxylic acids is 1. The molecule has 3 nitrogen and oxygen atoms in total. The minimum atomic E-state index is -0.0484. The van der Waals surface area contributed by atoms with E-state index >= 15 is 0 Å². The van der Waals surface area contributed by atoms with Gasteiger partial charge in [-0.15, -0.1) is 0 Å². The maximum absolute atomic E-state index is 11.1. The van der Waals surface area contributed by atoms with E-state index in [2.05, 4.69) is 6.92 Å². The zero-order valence-electron chi connectivity index (χ0n) is 9.50. The highest BCUT2D eigenvalue weighted by atomic mass is 16.5. The summed E-state index contributed by atoms with van der Waals surface area (Å²) in [5.74, 6) is 0. The summed E-state index contributed by atoms with van der Waals surface area (Å²) in [5, 5.41) is 0. The number of nitrogens with zero attached hydrogens (tertiary/aromatic N) is 1. The number of hydrogen-bond acceptors (Lipinski definition) is 2. The van der Waals surface area contributed by atoms with E-state index in [4.69, 9.17) is 4.74 Å². The van der Waals surface area contributed by atoms with Crippen molar-refractivity contribution >= 4 is 6.41 Å². The second-order valence-electron chi connectivity index (χ2n) is 4.06. The summed E-state index contributed by atoms with van der Waals surface area (Å²) in [7, 11) is 0. The van der Waals surface area contributed by atoms with Crippen LogP contribution in [0.2, 0.25) is 0 Å². The van der Waals surface area contributed by atoms with E-state index in [1.165, 1.54) is 0 Å². The molecule has 1 saturated heterocycles. The minimum Gasteiger partial charge on any atom is -0.356 e. The molecule has 0 radical (unpaired) electrons. The van der Waals surface area contributed by atoms with Crippen molar-refractivity contribution in [1.29, 1.82) is 0 Å². The number of hydrogen-bond donors (Lipinski definition) is 0. The summed E-state index contributed by atoms with van der Waals surface area (Å²) in [4.78, 5) is 12.9. The Bertz CT molecular complexity index is 339. The van der Waals surface area contributed by atoms with Crippen LogP contribution in [-0.4, -0.2) is 24.1 Å². The summed E-state index contributed by atoms with van der Waals surface area (Å²) >= 11 is 0. The van der Waals surface area contributed by atoms with E-state index in [0.29, 0.717) is 6.61 Å². The van der Waals surface area contributed by atoms with Crippen LogP contribution in [0.5, 0.6) is 0 Å². The van der Waals surface area contributed by atoms with Gasteiger partial charge in [0, 0.05) is 0 Å². The molecular weight excluding hydrogens is 202 g/mol. The summed E-state index contributed by atoms with van der Waals surface area (Å²) in [6.45, 7) is 2.70. The molecule has 16 heavy (non-hydrogen) atoms. The molecule has 1 unspecified atom stereocenters. The van der Waals surface area contributed by atoms with Gasteiger partial charge in [-0.25, -0.2) is 0 Å². The summed E-state index contributed by atoms with van der Waals surface area (Å²) in [6.07, 6.45) is 2.79. The van der Waals surface area contributed by atoms with Gasteiger partial charge in [0.05, 0.1) is 12.6 Å². The second kappa shape index (κ2) is 5.12. The molecule has 0 bridgehead atoms. The third-order valence-electron chi connectivity index (χ3n) is 2.98. The zero-order valence-corrected chi connectivity index (χ0v) is 9.50. The molecule has 3 heteroatoms. The van der Waals surface area contributed by atoms with E-state index in [1.54, 1.807) is 4.90 Å². The summed E-state index contributed by atoms with van der Waals surface area (Å²) in [6, 6.07) is 10.1. The number of ether oxygens (including phenoxy) is 1. The van der Waals surface area contributed by atoms with Crippen LogP contribution in [0.3, 0.4) is 0 Å². The summed E-state index contributed by atoms with van der Waals surface area (Å²) < 4.78 is 5.66. The van der Waals surface area contributed by atoms with Gasteiger partial charge in [0.2, 0.25) is 6.41 Å². The Hall–Kier alpha value is -1.35. The van der Waals surface area contributed by atoms with E-state index in [1.807, 2.05) is 30.3 Å². The van der Waals surface area contributed by atoms with Gasteiger partial charge in [-0.05, 0) is 12.0 Å². The average molecular weight is 219 g/mol. The van der Waals surface area contributed by atoms with E-state index < -0.39 is 0 Å². The molecular formula is C13H17NO2. The second-order valence-corrected chi connectivity index (χ2v) is 4.06. The lowest BCUT2D eigenvalue weighted by Gasteiger charge is -2.23. The van der Waals surface area contributed by atoms with Gasteiger partial charge in [0.1, 0.15) is 6.23 Å². The highest BCUT2D eigenvalue weighted by Crippen LogP contribution is 2.30. The average Bonchev–Trinajstić information content (AvgIpc) is 2.73. The van der Waals surface area contributed by atoms with Crippen molar-refractivity contribution < 1.29 is 9.53 Å². The molecule has 0 aliphatic carbocycles. The lowest BCUT2D eigenvalue weighted by Crippen LogP contribution is -2.30. The van der Waals surface area contributed by atoms with Gasteiger partial charge in [0.15, 0.2) is 0 Å². The molecule has 2 rings (SSSR count). The lowest BCUT2D eigenvalue weighted by molar-refractivity contribution is -0.124. The molecule has 86 valence electrons. The Kier molecular flexibility index (Phi) is 3.57. The van der Waals surface area contributed by atoms with Gasteiger partial charge >= 0.3 is 0 Å². The van der Waals surface area contributed by atoms with Crippen molar-refractivity contribution in [2.24, 2.45) is 0 Å². The Labute approximate surface area is 96.0 Å². The van der Waals surface area contributed by atoms with Crippen LogP contribution in [-0.2, 0) is 9.53 Å². The topological polar surface area (TPSA) is 29.5 Å². The van der Waals surface area contributed by atoms with E-state index in [0.717, 1.165) is 24.8 Å². The fourth-order valence-corrected chi connectivity index (χ4v) is 2.14.